The molecular formula is C13H17F4N. The largest absolute Gasteiger partial charge is 0.389 e. The molecule has 1 N–H and O–H groups in total. The van der Waals surface area contributed by atoms with Crippen molar-refractivity contribution in [2.45, 2.75) is 38.9 Å². The molecule has 1 nitrogen and oxygen atoms in total. The van der Waals surface area contributed by atoms with Crippen LogP contribution in [0.25, 0.3) is 0 Å². The van der Waals surface area contributed by atoms with E-state index in [1.807, 2.05) is 6.92 Å². The summed E-state index contributed by atoms with van der Waals surface area (Å²) >= 11 is 0. The molecule has 0 spiro atoms. The highest BCUT2D eigenvalue weighted by Crippen LogP contribution is 2.21. The van der Waals surface area contributed by atoms with Gasteiger partial charge in [-0.05, 0) is 49.6 Å². The third kappa shape index (κ3) is 6.00. The Balaban J connectivity index is 2.18. The lowest BCUT2D eigenvalue weighted by Gasteiger charge is -2.09. The van der Waals surface area contributed by atoms with Gasteiger partial charge in [0.05, 0.1) is 0 Å². The van der Waals surface area contributed by atoms with E-state index in [1.165, 1.54) is 12.1 Å². The van der Waals surface area contributed by atoms with Crippen LogP contribution in [0.4, 0.5) is 17.6 Å². The fourth-order valence-electron chi connectivity index (χ4n) is 1.66. The Bertz CT molecular complexity index is 374. The van der Waals surface area contributed by atoms with Crippen LogP contribution in [0.5, 0.6) is 0 Å². The van der Waals surface area contributed by atoms with E-state index in [4.69, 9.17) is 0 Å². The van der Waals surface area contributed by atoms with Crippen molar-refractivity contribution in [2.24, 2.45) is 0 Å². The van der Waals surface area contributed by atoms with Crippen LogP contribution in [0.1, 0.15) is 30.4 Å². The Hall–Kier alpha value is -1.10. The minimum atomic E-state index is -4.06. The fourth-order valence-corrected chi connectivity index (χ4v) is 1.66. The van der Waals surface area contributed by atoms with Crippen molar-refractivity contribution in [3.05, 3.63) is 35.1 Å². The molecule has 0 saturated heterocycles. The molecule has 0 atom stereocenters. The number of unbranched alkanes of at least 4 members (excludes halogenated alkanes) is 1. The average molecular weight is 263 g/mol. The molecule has 1 aromatic carbocycles. The van der Waals surface area contributed by atoms with Crippen LogP contribution < -0.4 is 5.32 Å². The van der Waals surface area contributed by atoms with Gasteiger partial charge in [-0.2, -0.15) is 13.2 Å². The number of nitrogens with one attached hydrogen (secondary N) is 1. The predicted octanol–water partition coefficient (Wildman–Crippen LogP) is 3.96. The number of hydrogen-bond acceptors (Lipinski definition) is 1. The molecule has 0 amide bonds. The molecular weight excluding hydrogens is 246 g/mol. The number of alkyl halides is 3. The van der Waals surface area contributed by atoms with Crippen LogP contribution >= 0.6 is 0 Å². The van der Waals surface area contributed by atoms with Crippen molar-refractivity contribution in [1.29, 1.82) is 0 Å². The predicted molar refractivity (Wildman–Crippen MR) is 62.7 cm³/mol. The molecule has 0 fully saturated rings. The van der Waals surface area contributed by atoms with Crippen LogP contribution in [0.3, 0.4) is 0 Å². The summed E-state index contributed by atoms with van der Waals surface area (Å²) in [5.74, 6) is -0.276. The monoisotopic (exact) mass is 263 g/mol. The van der Waals surface area contributed by atoms with Gasteiger partial charge in [0.2, 0.25) is 0 Å². The molecule has 0 radical (unpaired) electrons. The van der Waals surface area contributed by atoms with Gasteiger partial charge in [-0.3, -0.25) is 0 Å². The van der Waals surface area contributed by atoms with Crippen LogP contribution in [-0.4, -0.2) is 12.7 Å². The van der Waals surface area contributed by atoms with E-state index in [-0.39, 0.29) is 12.2 Å². The first-order chi connectivity index (χ1) is 8.38. The van der Waals surface area contributed by atoms with Crippen LogP contribution in [0, 0.1) is 12.7 Å². The summed E-state index contributed by atoms with van der Waals surface area (Å²) in [5.41, 5.74) is 1.81. The molecule has 0 aliphatic heterocycles. The lowest BCUT2D eigenvalue weighted by Crippen LogP contribution is -2.16. The third-order valence-electron chi connectivity index (χ3n) is 2.68. The van der Waals surface area contributed by atoms with E-state index < -0.39 is 12.6 Å². The summed E-state index contributed by atoms with van der Waals surface area (Å²) in [6.45, 7) is 2.90. The van der Waals surface area contributed by atoms with E-state index in [0.717, 1.165) is 11.1 Å². The number of benzene rings is 1. The van der Waals surface area contributed by atoms with Crippen molar-refractivity contribution in [3.63, 3.8) is 0 Å². The summed E-state index contributed by atoms with van der Waals surface area (Å²) < 4.78 is 48.4. The number of rotatable bonds is 6. The number of halogens is 4. The number of aryl methyl sites for hydroxylation is 1. The minimum absolute atomic E-state index is 0.138. The molecule has 0 bridgehead atoms. The second kappa shape index (κ2) is 6.73. The van der Waals surface area contributed by atoms with Crippen molar-refractivity contribution in [1.82, 2.24) is 5.32 Å². The molecule has 0 heterocycles. The highest BCUT2D eigenvalue weighted by atomic mass is 19.4. The normalized spacial score (nSPS) is 11.8. The maximum absolute atomic E-state index is 12.8. The standard InChI is InChI=1S/C13H17F4N/c1-10-8-12(14)5-4-11(10)9-18-7-3-2-6-13(15,16)17/h4-5,8,18H,2-3,6-7,9H2,1H3. The Kier molecular flexibility index (Phi) is 5.59. The van der Waals surface area contributed by atoms with Crippen molar-refractivity contribution >= 4 is 0 Å². The fraction of sp³-hybridized carbons (Fsp3) is 0.538. The molecule has 18 heavy (non-hydrogen) atoms. The summed E-state index contributed by atoms with van der Waals surface area (Å²) in [7, 11) is 0. The maximum atomic E-state index is 12.8. The van der Waals surface area contributed by atoms with Gasteiger partial charge in [0, 0.05) is 13.0 Å². The van der Waals surface area contributed by atoms with Gasteiger partial charge >= 0.3 is 6.18 Å². The van der Waals surface area contributed by atoms with Gasteiger partial charge in [0.15, 0.2) is 0 Å². The topological polar surface area (TPSA) is 12.0 Å². The highest BCUT2D eigenvalue weighted by Gasteiger charge is 2.25. The summed E-state index contributed by atoms with van der Waals surface area (Å²) in [6, 6.07) is 4.52. The highest BCUT2D eigenvalue weighted by molar-refractivity contribution is 5.26. The Labute approximate surface area is 104 Å². The summed E-state index contributed by atoms with van der Waals surface area (Å²) in [4.78, 5) is 0. The molecule has 1 aromatic rings. The zero-order chi connectivity index (χ0) is 13.6. The smallest absolute Gasteiger partial charge is 0.313 e. The molecule has 0 unspecified atom stereocenters. The maximum Gasteiger partial charge on any atom is 0.389 e. The SMILES string of the molecule is Cc1cc(F)ccc1CNCCCCC(F)(F)F. The zero-order valence-electron chi connectivity index (χ0n) is 10.3. The van der Waals surface area contributed by atoms with Gasteiger partial charge in [-0.15, -0.1) is 0 Å². The lowest BCUT2D eigenvalue weighted by molar-refractivity contribution is -0.135. The quantitative estimate of drug-likeness (QED) is 0.605. The molecule has 102 valence electrons. The van der Waals surface area contributed by atoms with Crippen LogP contribution in [0.2, 0.25) is 0 Å². The van der Waals surface area contributed by atoms with Crippen molar-refractivity contribution < 1.29 is 17.6 Å². The summed E-state index contributed by atoms with van der Waals surface area (Å²) in [6.07, 6.45) is -4.17. The average Bonchev–Trinajstić information content (AvgIpc) is 2.24. The Morgan fingerprint density at radius 1 is 1.17 bits per heavy atom. The molecule has 0 saturated carbocycles. The third-order valence-corrected chi connectivity index (χ3v) is 2.68. The van der Waals surface area contributed by atoms with Gasteiger partial charge in [-0.1, -0.05) is 6.07 Å². The van der Waals surface area contributed by atoms with E-state index in [0.29, 0.717) is 19.5 Å². The summed E-state index contributed by atoms with van der Waals surface area (Å²) in [5, 5.41) is 3.06. The van der Waals surface area contributed by atoms with E-state index in [2.05, 4.69) is 5.32 Å². The van der Waals surface area contributed by atoms with Crippen molar-refractivity contribution in [3.8, 4) is 0 Å². The van der Waals surface area contributed by atoms with Crippen LogP contribution in [-0.2, 0) is 6.54 Å². The van der Waals surface area contributed by atoms with E-state index in [9.17, 15) is 17.6 Å². The molecule has 1 rings (SSSR count). The second-order valence-electron chi connectivity index (χ2n) is 4.32. The van der Waals surface area contributed by atoms with Crippen molar-refractivity contribution in [2.75, 3.05) is 6.54 Å². The Morgan fingerprint density at radius 3 is 2.50 bits per heavy atom. The van der Waals surface area contributed by atoms with Crippen LogP contribution in [0.15, 0.2) is 18.2 Å². The first kappa shape index (κ1) is 15.0. The zero-order valence-corrected chi connectivity index (χ0v) is 10.3. The van der Waals surface area contributed by atoms with E-state index in [1.54, 1.807) is 6.07 Å². The van der Waals surface area contributed by atoms with Gasteiger partial charge < -0.3 is 5.32 Å². The van der Waals surface area contributed by atoms with Gasteiger partial charge in [-0.25, -0.2) is 4.39 Å². The molecule has 0 aliphatic carbocycles. The first-order valence-corrected chi connectivity index (χ1v) is 5.91. The van der Waals surface area contributed by atoms with Gasteiger partial charge in [0.25, 0.3) is 0 Å². The lowest BCUT2D eigenvalue weighted by atomic mass is 10.1. The Morgan fingerprint density at radius 2 is 1.89 bits per heavy atom. The molecule has 0 aromatic heterocycles. The second-order valence-corrected chi connectivity index (χ2v) is 4.32. The van der Waals surface area contributed by atoms with E-state index >= 15 is 0 Å². The molecule has 0 aliphatic rings. The number of hydrogen-bond donors (Lipinski definition) is 1. The minimum Gasteiger partial charge on any atom is -0.313 e. The molecule has 5 heteroatoms. The van der Waals surface area contributed by atoms with Gasteiger partial charge in [0.1, 0.15) is 5.82 Å². The first-order valence-electron chi connectivity index (χ1n) is 5.91.